The summed E-state index contributed by atoms with van der Waals surface area (Å²) >= 11 is 0. The van der Waals surface area contributed by atoms with Crippen molar-refractivity contribution in [2.75, 3.05) is 0 Å². The molecule has 6 aliphatic rings. The highest BCUT2D eigenvalue weighted by molar-refractivity contribution is 5.44. The first-order chi connectivity index (χ1) is 14.6. The molecule has 0 spiro atoms. The Hall–Kier alpha value is -1.56. The molecule has 0 radical (unpaired) electrons. The van der Waals surface area contributed by atoms with Crippen molar-refractivity contribution in [3.63, 3.8) is 0 Å². The molecule has 0 N–H and O–H groups in total. The van der Waals surface area contributed by atoms with Gasteiger partial charge in [0.05, 0.1) is 0 Å². The van der Waals surface area contributed by atoms with Gasteiger partial charge in [0, 0.05) is 0 Å². The average Bonchev–Trinajstić information content (AvgIpc) is 3.48. The molecule has 2 unspecified atom stereocenters. The van der Waals surface area contributed by atoms with Gasteiger partial charge in [-0.1, -0.05) is 66.5 Å². The molecule has 0 heterocycles. The Morgan fingerprint density at radius 2 is 1.33 bits per heavy atom. The lowest BCUT2D eigenvalue weighted by atomic mass is 9.88. The van der Waals surface area contributed by atoms with Crippen molar-refractivity contribution in [1.29, 1.82) is 0 Å². The predicted molar refractivity (Wildman–Crippen MR) is 131 cm³/mol. The van der Waals surface area contributed by atoms with Gasteiger partial charge in [-0.3, -0.25) is 0 Å². The molecule has 0 bridgehead atoms. The zero-order valence-corrected chi connectivity index (χ0v) is 19.7. The van der Waals surface area contributed by atoms with Crippen LogP contribution in [-0.2, 0) is 0 Å². The minimum absolute atomic E-state index is 0.755. The Labute approximate surface area is 185 Å². The molecule has 162 valence electrons. The highest BCUT2D eigenvalue weighted by atomic mass is 14.3. The van der Waals surface area contributed by atoms with E-state index in [1.165, 1.54) is 83.5 Å². The zero-order valence-electron chi connectivity index (χ0n) is 19.7. The van der Waals surface area contributed by atoms with E-state index >= 15 is 0 Å². The lowest BCUT2D eigenvalue weighted by molar-refractivity contribution is 0.643. The number of hydrogen-bond donors (Lipinski definition) is 0. The summed E-state index contributed by atoms with van der Waals surface area (Å²) in [6, 6.07) is 0. The maximum Gasteiger partial charge on any atom is -0.00399 e. The first kappa shape index (κ1) is 21.7. The number of hydrogen-bond acceptors (Lipinski definition) is 0. The Balaban J connectivity index is 0.000000109. The smallest absolute Gasteiger partial charge is 0.00399 e. The zero-order chi connectivity index (χ0) is 20.9. The highest BCUT2D eigenvalue weighted by Gasteiger charge is 2.22. The summed E-state index contributed by atoms with van der Waals surface area (Å²) in [6.45, 7) is 6.91. The Morgan fingerprint density at radius 3 is 2.07 bits per heavy atom. The third-order valence-corrected chi connectivity index (χ3v) is 8.04. The SMILES string of the molecule is C1=CC2=C(C1)CCCC2.CC1=CC(C)C2=C1CCCC2.CC1C=CC2=C1CCCC2. The fourth-order valence-electron chi connectivity index (χ4n) is 6.27. The molecule has 0 aromatic carbocycles. The van der Waals surface area contributed by atoms with Crippen LogP contribution in [0.5, 0.6) is 0 Å². The van der Waals surface area contributed by atoms with Gasteiger partial charge in [-0.2, -0.15) is 0 Å². The Bertz CT molecular complexity index is 820. The van der Waals surface area contributed by atoms with Gasteiger partial charge in [-0.05, 0) is 119 Å². The molecule has 6 rings (SSSR count). The largest absolute Gasteiger partial charge is 0.0802 e. The van der Waals surface area contributed by atoms with Gasteiger partial charge in [0.1, 0.15) is 0 Å². The van der Waals surface area contributed by atoms with Gasteiger partial charge in [0.2, 0.25) is 0 Å². The fourth-order valence-corrected chi connectivity index (χ4v) is 6.27. The van der Waals surface area contributed by atoms with Gasteiger partial charge < -0.3 is 0 Å². The van der Waals surface area contributed by atoms with E-state index in [0.717, 1.165) is 11.8 Å². The van der Waals surface area contributed by atoms with Crippen molar-refractivity contribution < 1.29 is 0 Å². The molecule has 0 aromatic heterocycles. The van der Waals surface area contributed by atoms with Crippen LogP contribution in [-0.4, -0.2) is 0 Å². The van der Waals surface area contributed by atoms with Crippen LogP contribution >= 0.6 is 0 Å². The molecule has 0 nitrogen and oxygen atoms in total. The van der Waals surface area contributed by atoms with Gasteiger partial charge in [0.25, 0.3) is 0 Å². The lowest BCUT2D eigenvalue weighted by Gasteiger charge is -2.17. The van der Waals surface area contributed by atoms with E-state index in [1.54, 1.807) is 39.0 Å². The van der Waals surface area contributed by atoms with Crippen molar-refractivity contribution in [2.45, 2.75) is 104 Å². The van der Waals surface area contributed by atoms with Gasteiger partial charge >= 0.3 is 0 Å². The molecule has 30 heavy (non-hydrogen) atoms. The second-order valence-corrected chi connectivity index (χ2v) is 10.2. The molecule has 0 heteroatoms. The van der Waals surface area contributed by atoms with Crippen LogP contribution < -0.4 is 0 Å². The molecule has 6 aliphatic carbocycles. The maximum absolute atomic E-state index is 2.43. The second-order valence-electron chi connectivity index (χ2n) is 10.2. The van der Waals surface area contributed by atoms with E-state index in [4.69, 9.17) is 0 Å². The summed E-state index contributed by atoms with van der Waals surface area (Å²) in [7, 11) is 0. The van der Waals surface area contributed by atoms with Crippen molar-refractivity contribution >= 4 is 0 Å². The third-order valence-electron chi connectivity index (χ3n) is 8.04. The van der Waals surface area contributed by atoms with E-state index in [1.807, 2.05) is 0 Å². The fraction of sp³-hybridized carbons (Fsp3) is 0.600. The van der Waals surface area contributed by atoms with Gasteiger partial charge in [0.15, 0.2) is 0 Å². The molecule has 0 saturated heterocycles. The molecule has 0 saturated carbocycles. The third kappa shape index (κ3) is 5.01. The van der Waals surface area contributed by atoms with E-state index in [-0.39, 0.29) is 0 Å². The summed E-state index contributed by atoms with van der Waals surface area (Å²) in [5, 5.41) is 0. The monoisotopic (exact) mass is 402 g/mol. The number of rotatable bonds is 0. The minimum Gasteiger partial charge on any atom is -0.0802 e. The average molecular weight is 403 g/mol. The Kier molecular flexibility index (Phi) is 7.34. The summed E-state index contributed by atoms with van der Waals surface area (Å²) < 4.78 is 0. The van der Waals surface area contributed by atoms with Crippen LogP contribution in [0.1, 0.15) is 104 Å². The first-order valence-corrected chi connectivity index (χ1v) is 12.8. The molecule has 0 amide bonds. The second kappa shape index (κ2) is 10.2. The molecule has 2 atom stereocenters. The normalized spacial score (nSPS) is 29.0. The quantitative estimate of drug-likeness (QED) is 0.378. The van der Waals surface area contributed by atoms with E-state index in [9.17, 15) is 0 Å². The van der Waals surface area contributed by atoms with Crippen molar-refractivity contribution in [2.24, 2.45) is 11.8 Å². The highest BCUT2D eigenvalue weighted by Crippen LogP contribution is 2.40. The lowest BCUT2D eigenvalue weighted by Crippen LogP contribution is -2.00. The first-order valence-electron chi connectivity index (χ1n) is 12.8. The van der Waals surface area contributed by atoms with E-state index < -0.39 is 0 Å². The van der Waals surface area contributed by atoms with Crippen LogP contribution in [0.3, 0.4) is 0 Å². The molecular weight excluding hydrogens is 360 g/mol. The van der Waals surface area contributed by atoms with Crippen LogP contribution in [0.25, 0.3) is 0 Å². The topological polar surface area (TPSA) is 0 Å². The summed E-state index contributed by atoms with van der Waals surface area (Å²) in [5.74, 6) is 1.51. The van der Waals surface area contributed by atoms with Gasteiger partial charge in [-0.15, -0.1) is 0 Å². The maximum atomic E-state index is 2.43. The molecule has 0 aromatic rings. The van der Waals surface area contributed by atoms with Crippen molar-refractivity contribution in [3.05, 3.63) is 69.4 Å². The van der Waals surface area contributed by atoms with Crippen molar-refractivity contribution in [1.82, 2.24) is 0 Å². The summed E-state index contributed by atoms with van der Waals surface area (Å²) in [4.78, 5) is 0. The van der Waals surface area contributed by atoms with Crippen molar-refractivity contribution in [3.8, 4) is 0 Å². The standard InChI is InChI=1S/C11H16.C10H14.C9H12/c1-8-7-9(2)11-6-4-3-5-10(8)11;1-8-6-7-9-4-2-3-5-10(8)9;1-2-5-9-7-3-6-8(9)4-1/h7-8H,3-6H2,1-2H3;6-8H,2-5H2,1H3;3,6H,1-2,4-5,7H2. The molecule has 0 fully saturated rings. The van der Waals surface area contributed by atoms with Gasteiger partial charge in [-0.25, -0.2) is 0 Å². The predicted octanol–water partition coefficient (Wildman–Crippen LogP) is 9.33. The van der Waals surface area contributed by atoms with Crippen LogP contribution in [0.15, 0.2) is 69.4 Å². The van der Waals surface area contributed by atoms with E-state index in [2.05, 4.69) is 51.2 Å². The van der Waals surface area contributed by atoms with Crippen LogP contribution in [0.4, 0.5) is 0 Å². The molecule has 0 aliphatic heterocycles. The Morgan fingerprint density at radius 1 is 0.667 bits per heavy atom. The number of allylic oxidation sites excluding steroid dienone is 12. The minimum atomic E-state index is 0.755. The van der Waals surface area contributed by atoms with Crippen LogP contribution in [0, 0.1) is 11.8 Å². The summed E-state index contributed by atoms with van der Waals surface area (Å²) in [6.07, 6.45) is 29.6. The van der Waals surface area contributed by atoms with E-state index in [0.29, 0.717) is 0 Å². The molecular formula is C30H42. The van der Waals surface area contributed by atoms with Crippen LogP contribution in [0.2, 0.25) is 0 Å². The summed E-state index contributed by atoms with van der Waals surface area (Å²) in [5.41, 5.74) is 11.8.